The van der Waals surface area contributed by atoms with Gasteiger partial charge in [0.25, 0.3) is 5.91 Å². The standard InChI is InChI=1S/C21H18N2O4/c1-13(18-12-15-4-2-3-5-17(15)27-18)22-21(26)14-6-8-16(9-7-14)23-19(24)10-11-20(23)25/h2-9,12-13H,10-11H2,1H3,(H,22,26). The Kier molecular flexibility index (Phi) is 4.24. The van der Waals surface area contributed by atoms with Crippen molar-refractivity contribution in [1.82, 2.24) is 5.32 Å². The van der Waals surface area contributed by atoms with Gasteiger partial charge in [0.1, 0.15) is 11.3 Å². The van der Waals surface area contributed by atoms with E-state index in [9.17, 15) is 14.4 Å². The molecule has 3 aromatic rings. The van der Waals surface area contributed by atoms with Crippen LogP contribution in [0.1, 0.15) is 41.9 Å². The summed E-state index contributed by atoms with van der Waals surface area (Å²) in [6.07, 6.45) is 0.464. The van der Waals surface area contributed by atoms with Gasteiger partial charge in [-0.2, -0.15) is 0 Å². The van der Waals surface area contributed by atoms with Crippen molar-refractivity contribution < 1.29 is 18.8 Å². The number of carbonyl (C=O) groups excluding carboxylic acids is 3. The molecule has 1 atom stereocenters. The molecular formula is C21H18N2O4. The van der Waals surface area contributed by atoms with Crippen LogP contribution in [0.2, 0.25) is 0 Å². The molecule has 2 heterocycles. The second kappa shape index (κ2) is 6.72. The van der Waals surface area contributed by atoms with E-state index in [-0.39, 0.29) is 36.6 Å². The minimum atomic E-state index is -0.300. The summed E-state index contributed by atoms with van der Waals surface area (Å²) in [7, 11) is 0. The van der Waals surface area contributed by atoms with E-state index in [0.717, 1.165) is 11.0 Å². The van der Waals surface area contributed by atoms with E-state index < -0.39 is 0 Å². The first kappa shape index (κ1) is 17.0. The van der Waals surface area contributed by atoms with Crippen LogP contribution in [0, 0.1) is 0 Å². The van der Waals surface area contributed by atoms with E-state index in [2.05, 4.69) is 5.32 Å². The molecule has 1 saturated heterocycles. The van der Waals surface area contributed by atoms with Crippen molar-refractivity contribution >= 4 is 34.4 Å². The lowest BCUT2D eigenvalue weighted by Crippen LogP contribution is -2.29. The van der Waals surface area contributed by atoms with E-state index in [1.54, 1.807) is 24.3 Å². The summed E-state index contributed by atoms with van der Waals surface area (Å²) in [5.41, 5.74) is 1.71. The topological polar surface area (TPSA) is 79.6 Å². The van der Waals surface area contributed by atoms with Crippen molar-refractivity contribution in [3.8, 4) is 0 Å². The molecule has 0 bridgehead atoms. The van der Waals surface area contributed by atoms with Crippen LogP contribution in [0.15, 0.2) is 59.0 Å². The molecule has 0 radical (unpaired) electrons. The van der Waals surface area contributed by atoms with Crippen molar-refractivity contribution in [2.75, 3.05) is 4.90 Å². The van der Waals surface area contributed by atoms with Gasteiger partial charge in [-0.1, -0.05) is 18.2 Å². The van der Waals surface area contributed by atoms with Crippen LogP contribution in [-0.2, 0) is 9.59 Å². The average molecular weight is 362 g/mol. The second-order valence-corrected chi connectivity index (χ2v) is 6.55. The monoisotopic (exact) mass is 362 g/mol. The summed E-state index contributed by atoms with van der Waals surface area (Å²) in [6.45, 7) is 1.85. The fourth-order valence-electron chi connectivity index (χ4n) is 3.19. The lowest BCUT2D eigenvalue weighted by Gasteiger charge is -2.15. The largest absolute Gasteiger partial charge is 0.459 e. The SMILES string of the molecule is CC(NC(=O)c1ccc(N2C(=O)CCC2=O)cc1)c1cc2ccccc2o1. The summed E-state index contributed by atoms with van der Waals surface area (Å²) >= 11 is 0. The molecule has 1 fully saturated rings. The van der Waals surface area contributed by atoms with Gasteiger partial charge < -0.3 is 9.73 Å². The van der Waals surface area contributed by atoms with Gasteiger partial charge in [-0.15, -0.1) is 0 Å². The van der Waals surface area contributed by atoms with Crippen LogP contribution in [0.5, 0.6) is 0 Å². The van der Waals surface area contributed by atoms with Gasteiger partial charge in [-0.05, 0) is 43.3 Å². The highest BCUT2D eigenvalue weighted by molar-refractivity contribution is 6.19. The van der Waals surface area contributed by atoms with E-state index >= 15 is 0 Å². The quantitative estimate of drug-likeness (QED) is 0.720. The van der Waals surface area contributed by atoms with Gasteiger partial charge in [-0.3, -0.25) is 19.3 Å². The molecule has 0 saturated carbocycles. The number of furan rings is 1. The first-order valence-electron chi connectivity index (χ1n) is 8.78. The Morgan fingerprint density at radius 3 is 2.37 bits per heavy atom. The number of hydrogen-bond acceptors (Lipinski definition) is 4. The van der Waals surface area contributed by atoms with E-state index in [0.29, 0.717) is 17.0 Å². The Bertz CT molecular complexity index is 987. The summed E-state index contributed by atoms with van der Waals surface area (Å²) in [5.74, 6) is -0.00516. The van der Waals surface area contributed by atoms with Crippen LogP contribution >= 0.6 is 0 Å². The highest BCUT2D eigenvalue weighted by atomic mass is 16.3. The number of imide groups is 1. The Morgan fingerprint density at radius 2 is 1.70 bits per heavy atom. The number of nitrogens with one attached hydrogen (secondary N) is 1. The molecule has 1 N–H and O–H groups in total. The Balaban J connectivity index is 1.47. The predicted octanol–water partition coefficient (Wildman–Crippen LogP) is 3.58. The molecule has 2 aromatic carbocycles. The minimum absolute atomic E-state index is 0.212. The first-order chi connectivity index (χ1) is 13.0. The molecule has 136 valence electrons. The summed E-state index contributed by atoms with van der Waals surface area (Å²) < 4.78 is 5.78. The highest BCUT2D eigenvalue weighted by Gasteiger charge is 2.30. The van der Waals surface area contributed by atoms with Crippen LogP contribution in [0.3, 0.4) is 0 Å². The average Bonchev–Trinajstić information content (AvgIpc) is 3.25. The van der Waals surface area contributed by atoms with E-state index in [4.69, 9.17) is 4.42 Å². The fraction of sp³-hybridized carbons (Fsp3) is 0.190. The molecule has 1 aliphatic heterocycles. The van der Waals surface area contributed by atoms with Gasteiger partial charge in [0.05, 0.1) is 11.7 Å². The number of amides is 3. The minimum Gasteiger partial charge on any atom is -0.459 e. The number of carbonyl (C=O) groups is 3. The summed E-state index contributed by atoms with van der Waals surface area (Å²) in [5, 5.41) is 3.88. The maximum Gasteiger partial charge on any atom is 0.251 e. The number of benzene rings is 2. The zero-order valence-electron chi connectivity index (χ0n) is 14.8. The van der Waals surface area contributed by atoms with Crippen LogP contribution in [-0.4, -0.2) is 17.7 Å². The van der Waals surface area contributed by atoms with Crippen LogP contribution in [0.4, 0.5) is 5.69 Å². The highest BCUT2D eigenvalue weighted by Crippen LogP contribution is 2.25. The van der Waals surface area contributed by atoms with Gasteiger partial charge in [-0.25, -0.2) is 0 Å². The predicted molar refractivity (Wildman–Crippen MR) is 100 cm³/mol. The van der Waals surface area contributed by atoms with Crippen molar-refractivity contribution in [2.24, 2.45) is 0 Å². The smallest absolute Gasteiger partial charge is 0.251 e. The third kappa shape index (κ3) is 3.21. The Morgan fingerprint density at radius 1 is 1.04 bits per heavy atom. The van der Waals surface area contributed by atoms with E-state index in [1.165, 1.54) is 4.90 Å². The molecule has 3 amide bonds. The maximum absolute atomic E-state index is 12.5. The second-order valence-electron chi connectivity index (χ2n) is 6.55. The lowest BCUT2D eigenvalue weighted by atomic mass is 10.1. The van der Waals surface area contributed by atoms with Gasteiger partial charge in [0.2, 0.25) is 11.8 Å². The number of fused-ring (bicyclic) bond motifs is 1. The molecule has 6 heteroatoms. The number of hydrogen-bond donors (Lipinski definition) is 1. The molecule has 6 nitrogen and oxygen atoms in total. The third-order valence-corrected chi connectivity index (χ3v) is 4.66. The molecule has 4 rings (SSSR count). The van der Waals surface area contributed by atoms with Crippen LogP contribution < -0.4 is 10.2 Å². The number of para-hydroxylation sites is 1. The van der Waals surface area contributed by atoms with Gasteiger partial charge >= 0.3 is 0 Å². The summed E-state index contributed by atoms with van der Waals surface area (Å²) in [6, 6.07) is 15.7. The maximum atomic E-state index is 12.5. The zero-order chi connectivity index (χ0) is 19.0. The first-order valence-corrected chi connectivity index (χ1v) is 8.78. The molecule has 1 aliphatic rings. The molecule has 1 unspecified atom stereocenters. The molecule has 0 aliphatic carbocycles. The lowest BCUT2D eigenvalue weighted by molar-refractivity contribution is -0.121. The number of anilines is 1. The van der Waals surface area contributed by atoms with Crippen molar-refractivity contribution in [2.45, 2.75) is 25.8 Å². The zero-order valence-corrected chi connectivity index (χ0v) is 14.8. The number of nitrogens with zero attached hydrogens (tertiary/aromatic N) is 1. The van der Waals surface area contributed by atoms with Crippen LogP contribution in [0.25, 0.3) is 11.0 Å². The van der Waals surface area contributed by atoms with Gasteiger partial charge in [0, 0.05) is 23.8 Å². The fourth-order valence-corrected chi connectivity index (χ4v) is 3.19. The van der Waals surface area contributed by atoms with Gasteiger partial charge in [0.15, 0.2) is 0 Å². The Hall–Kier alpha value is -3.41. The van der Waals surface area contributed by atoms with E-state index in [1.807, 2.05) is 37.3 Å². The van der Waals surface area contributed by atoms with Crippen molar-refractivity contribution in [1.29, 1.82) is 0 Å². The molecule has 1 aromatic heterocycles. The third-order valence-electron chi connectivity index (χ3n) is 4.66. The molecular weight excluding hydrogens is 344 g/mol. The Labute approximate surface area is 155 Å². The van der Waals surface area contributed by atoms with Crippen molar-refractivity contribution in [3.05, 3.63) is 65.9 Å². The number of rotatable bonds is 4. The molecule has 0 spiro atoms. The summed E-state index contributed by atoms with van der Waals surface area (Å²) in [4.78, 5) is 37.3. The molecule has 27 heavy (non-hydrogen) atoms. The normalized spacial score (nSPS) is 15.4. The van der Waals surface area contributed by atoms with Crippen molar-refractivity contribution in [3.63, 3.8) is 0 Å².